The summed E-state index contributed by atoms with van der Waals surface area (Å²) in [6.45, 7) is 14.2. The summed E-state index contributed by atoms with van der Waals surface area (Å²) in [5, 5.41) is 0. The minimum Gasteiger partial charge on any atom is -0.476 e. The summed E-state index contributed by atoms with van der Waals surface area (Å²) < 4.78 is 4.38. The van der Waals surface area contributed by atoms with E-state index in [-0.39, 0.29) is 8.55 Å². The zero-order valence-electron chi connectivity index (χ0n) is 20.5. The van der Waals surface area contributed by atoms with Crippen LogP contribution in [0.5, 0.6) is 0 Å². The van der Waals surface area contributed by atoms with Crippen LogP contribution in [0, 0.1) is 0 Å². The molecule has 3 rings (SSSR count). The Morgan fingerprint density at radius 1 is 0.812 bits per heavy atom. The summed E-state index contributed by atoms with van der Waals surface area (Å²) in [4.78, 5) is 4.77. The summed E-state index contributed by atoms with van der Waals surface area (Å²) in [7, 11) is 0. The predicted octanol–water partition coefficient (Wildman–Crippen LogP) is 8.23. The van der Waals surface area contributed by atoms with Crippen LogP contribution in [0.25, 0.3) is 0 Å². The highest BCUT2D eigenvalue weighted by atomic mass is 27.2. The molecule has 3 aromatic carbocycles. The van der Waals surface area contributed by atoms with Crippen molar-refractivity contribution in [3.63, 3.8) is 0 Å². The number of aliphatic imine (C=N–C) groups is 1. The first-order valence-electron chi connectivity index (χ1n) is 11.7. The van der Waals surface area contributed by atoms with E-state index in [9.17, 15) is 0 Å². The molecule has 0 spiro atoms. The van der Waals surface area contributed by atoms with E-state index >= 15 is 0 Å². The van der Waals surface area contributed by atoms with Crippen LogP contribution in [0.15, 0.2) is 83.9 Å². The maximum absolute atomic E-state index is 4.77. The van der Waals surface area contributed by atoms with E-state index in [0.717, 1.165) is 18.5 Å². The van der Waals surface area contributed by atoms with Crippen LogP contribution in [0.3, 0.4) is 0 Å². The second kappa shape index (κ2) is 10.5. The molecule has 0 unspecified atom stereocenters. The standard InChI is InChI=1S/C19H22N.C6H6N.C4H9.Al/c1-4-16-9-11-19(12-10-16)20-14-18-8-6-5-7-17(18)13-15(2)3;7-6-4-2-1-3-5-6;1-4(2)3;/h5-12,14H,4,13H2,1-3H3;1-5,7H;1-3H3;/q;-1;;+1. The minimum absolute atomic E-state index is 0.167. The molecular formula is C29H37AlN2. The Kier molecular flexibility index (Phi) is 7.99. The number of anilines is 1. The number of nitrogens with zero attached hydrogens (tertiary/aromatic N) is 1. The number of aryl methyl sites for hydroxylation is 1. The van der Waals surface area contributed by atoms with Crippen molar-refractivity contribution >= 4 is 32.0 Å². The molecule has 0 heterocycles. The lowest BCUT2D eigenvalue weighted by Gasteiger charge is -2.39. The highest BCUT2D eigenvalue weighted by Gasteiger charge is 2.46. The number of benzene rings is 3. The van der Waals surface area contributed by atoms with Crippen molar-refractivity contribution in [3.8, 4) is 0 Å². The lowest BCUT2D eigenvalue weighted by Crippen LogP contribution is -2.45. The topological polar surface area (TPSA) is 24.4 Å². The van der Waals surface area contributed by atoms with E-state index in [1.54, 1.807) is 0 Å². The largest absolute Gasteiger partial charge is 0.476 e. The molecule has 0 fully saturated rings. The third-order valence-corrected chi connectivity index (χ3v) is 10.3. The summed E-state index contributed by atoms with van der Waals surface area (Å²) in [5.41, 5.74) is 6.15. The summed E-state index contributed by atoms with van der Waals surface area (Å²) in [6, 6.07) is 27.9. The fourth-order valence-electron chi connectivity index (χ4n) is 4.66. The van der Waals surface area contributed by atoms with Gasteiger partial charge in [0.1, 0.15) is 0 Å². The second-order valence-corrected chi connectivity index (χ2v) is 14.9. The molecule has 0 saturated heterocycles. The first-order valence-corrected chi connectivity index (χ1v) is 13.4. The van der Waals surface area contributed by atoms with Crippen molar-refractivity contribution in [2.45, 2.75) is 62.9 Å². The molecule has 3 aromatic rings. The van der Waals surface area contributed by atoms with Gasteiger partial charge >= 0.3 is 14.4 Å². The normalized spacial score (nSPS) is 12.2. The zero-order valence-corrected chi connectivity index (χ0v) is 21.7. The van der Waals surface area contributed by atoms with Crippen LogP contribution < -0.4 is 4.30 Å². The van der Waals surface area contributed by atoms with Crippen molar-refractivity contribution in [3.05, 3.63) is 95.6 Å². The molecule has 0 amide bonds. The number of hydrogen-bond donors (Lipinski definition) is 1. The molecule has 0 atom stereocenters. The Morgan fingerprint density at radius 3 is 2.06 bits per heavy atom. The molecule has 0 bridgehead atoms. The van der Waals surface area contributed by atoms with Gasteiger partial charge in [-0.2, -0.15) is 0 Å². The summed E-state index contributed by atoms with van der Waals surface area (Å²) in [6.07, 6.45) is 4.11. The van der Waals surface area contributed by atoms with Crippen LogP contribution in [0.2, 0.25) is 8.55 Å². The van der Waals surface area contributed by atoms with Gasteiger partial charge in [0.05, 0.1) is 5.69 Å². The summed E-state index contributed by atoms with van der Waals surface area (Å²) in [5.74, 6) is 0. The van der Waals surface area contributed by atoms with Gasteiger partial charge in [-0.15, -0.1) is 0 Å². The Balaban J connectivity index is 1.84. The lowest BCUT2D eigenvalue weighted by atomic mass is 9.97. The van der Waals surface area contributed by atoms with Crippen molar-refractivity contribution in [1.29, 1.82) is 0 Å². The van der Waals surface area contributed by atoms with Crippen LogP contribution in [-0.4, -0.2) is 20.6 Å². The molecule has 166 valence electrons. The molecule has 0 aliphatic rings. The molecule has 32 heavy (non-hydrogen) atoms. The number of nitrogens with one attached hydrogen (secondary N) is 1. The van der Waals surface area contributed by atoms with E-state index in [4.69, 9.17) is 4.99 Å². The molecule has 0 saturated carbocycles. The third-order valence-electron chi connectivity index (χ3n) is 6.13. The van der Waals surface area contributed by atoms with Crippen LogP contribution in [0.4, 0.5) is 11.4 Å². The average molecular weight is 441 g/mol. The third kappa shape index (κ3) is 6.58. The second-order valence-electron chi connectivity index (χ2n) is 10.5. The highest BCUT2D eigenvalue weighted by molar-refractivity contribution is 6.68. The van der Waals surface area contributed by atoms with Gasteiger partial charge in [-0.3, -0.25) is 4.99 Å². The van der Waals surface area contributed by atoms with Crippen molar-refractivity contribution < 1.29 is 0 Å². The number of hydrogen-bond acceptors (Lipinski definition) is 2. The van der Waals surface area contributed by atoms with E-state index in [2.05, 4.69) is 125 Å². The Hall–Kier alpha value is -2.34. The van der Waals surface area contributed by atoms with Crippen LogP contribution in [0.1, 0.15) is 58.2 Å². The van der Waals surface area contributed by atoms with Gasteiger partial charge in [-0.25, -0.2) is 0 Å². The molecule has 3 heteroatoms. The minimum atomic E-state index is -1.43. The van der Waals surface area contributed by atoms with Crippen molar-refractivity contribution in [1.82, 2.24) is 0 Å². The highest BCUT2D eigenvalue weighted by Crippen LogP contribution is 2.45. The van der Waals surface area contributed by atoms with Crippen molar-refractivity contribution in [2.75, 3.05) is 4.30 Å². The Bertz CT molecular complexity index is 1020. The molecular weight excluding hydrogens is 403 g/mol. The van der Waals surface area contributed by atoms with E-state index in [1.807, 2.05) is 6.21 Å². The molecule has 0 aliphatic carbocycles. The maximum Gasteiger partial charge on any atom is 0.423 e. The quantitative estimate of drug-likeness (QED) is 0.277. The molecule has 2 nitrogen and oxygen atoms in total. The van der Waals surface area contributed by atoms with E-state index in [0.29, 0.717) is 0 Å². The first-order chi connectivity index (χ1) is 15.2. The van der Waals surface area contributed by atoms with Gasteiger partial charge in [0.25, 0.3) is 0 Å². The zero-order chi connectivity index (χ0) is 23.2. The fourth-order valence-corrected chi connectivity index (χ4v) is 8.78. The molecule has 0 radical (unpaired) electrons. The van der Waals surface area contributed by atoms with Gasteiger partial charge in [-0.1, -0.05) is 105 Å². The lowest BCUT2D eigenvalue weighted by molar-refractivity contribution is 0.599. The smallest absolute Gasteiger partial charge is 0.423 e. The summed E-state index contributed by atoms with van der Waals surface area (Å²) >= 11 is -1.43. The monoisotopic (exact) mass is 440 g/mol. The van der Waals surface area contributed by atoms with Crippen molar-refractivity contribution in [2.24, 2.45) is 4.99 Å². The van der Waals surface area contributed by atoms with E-state index < -0.39 is 14.4 Å². The van der Waals surface area contributed by atoms with Crippen LogP contribution in [-0.2, 0) is 12.8 Å². The van der Waals surface area contributed by atoms with E-state index in [1.165, 1.54) is 22.4 Å². The fraction of sp³-hybridized carbons (Fsp3) is 0.345. The number of rotatable bonds is 8. The Labute approximate surface area is 199 Å². The average Bonchev–Trinajstić information content (AvgIpc) is 2.77. The predicted molar refractivity (Wildman–Crippen MR) is 143 cm³/mol. The molecule has 0 aromatic heterocycles. The van der Waals surface area contributed by atoms with Gasteiger partial charge in [0.2, 0.25) is 0 Å². The van der Waals surface area contributed by atoms with Gasteiger partial charge in [0, 0.05) is 11.9 Å². The first kappa shape index (κ1) is 24.3. The molecule has 1 N–H and O–H groups in total. The van der Waals surface area contributed by atoms with Crippen LogP contribution >= 0.6 is 0 Å². The van der Waals surface area contributed by atoms with Gasteiger partial charge in [-0.05, 0) is 53.8 Å². The SMILES string of the molecule is CCc1ccc(N=Cc2ccccc2C[C](C)(C)[Al]([NH]c2ccccc2)[C](C)(C)C)cc1. The Morgan fingerprint density at radius 2 is 1.44 bits per heavy atom. The maximum atomic E-state index is 4.77. The number of para-hydroxylation sites is 1. The molecule has 0 aliphatic heterocycles. The van der Waals surface area contributed by atoms with Gasteiger partial charge < -0.3 is 4.30 Å². The van der Waals surface area contributed by atoms with Gasteiger partial charge in [0.15, 0.2) is 0 Å².